The lowest BCUT2D eigenvalue weighted by Gasteiger charge is -2.58. The highest BCUT2D eigenvalue weighted by Crippen LogP contribution is 2.59. The van der Waals surface area contributed by atoms with Crippen molar-refractivity contribution in [3.63, 3.8) is 0 Å². The van der Waals surface area contributed by atoms with Crippen molar-refractivity contribution in [1.82, 2.24) is 19.4 Å². The fourth-order valence-corrected chi connectivity index (χ4v) is 6.55. The Morgan fingerprint density at radius 2 is 2.00 bits per heavy atom. The Labute approximate surface area is 181 Å². The minimum absolute atomic E-state index is 0.0554. The number of amides is 2. The fourth-order valence-electron chi connectivity index (χ4n) is 6.55. The summed E-state index contributed by atoms with van der Waals surface area (Å²) in [6.07, 6.45) is 6.38. The summed E-state index contributed by atoms with van der Waals surface area (Å²) in [6, 6.07) is 8.57. The number of fused-ring (bicyclic) bond motifs is 3. The Morgan fingerprint density at radius 3 is 2.71 bits per heavy atom. The lowest BCUT2D eigenvalue weighted by atomic mass is 9.53. The Kier molecular flexibility index (Phi) is 4.09. The van der Waals surface area contributed by atoms with Crippen LogP contribution in [0, 0.1) is 17.3 Å². The quantitative estimate of drug-likeness (QED) is 0.805. The lowest BCUT2D eigenvalue weighted by Crippen LogP contribution is -2.60. The predicted octanol–water partition coefficient (Wildman–Crippen LogP) is 1.92. The largest absolute Gasteiger partial charge is 0.392 e. The third kappa shape index (κ3) is 2.65. The van der Waals surface area contributed by atoms with E-state index in [9.17, 15) is 14.7 Å². The number of rotatable bonds is 2. The average molecular weight is 421 g/mol. The lowest BCUT2D eigenvalue weighted by molar-refractivity contribution is -0.166. The molecule has 1 aromatic carbocycles. The minimum atomic E-state index is -0.379. The standard InChI is InChI=1S/C24H28N4O3/c1-26-13-15(10-20(26)29)23(31)27-8-6-24(7-9-27)11-18(22(24)30)21-17-5-3-2-4-16(17)19-12-25-14-28(19)21/h2-5,12,14-15,18,21-22,30H,6-11,13H2,1H3/t15?,18-,21+,22+/m0/s1. The highest BCUT2D eigenvalue weighted by molar-refractivity contribution is 5.89. The molecule has 2 amide bonds. The third-order valence-electron chi connectivity index (χ3n) is 8.36. The molecule has 1 spiro atoms. The Bertz CT molecular complexity index is 1050. The van der Waals surface area contributed by atoms with E-state index in [1.807, 2.05) is 17.4 Å². The number of carbonyl (C=O) groups is 2. The Balaban J connectivity index is 1.15. The van der Waals surface area contributed by atoms with Gasteiger partial charge in [-0.15, -0.1) is 0 Å². The molecule has 1 aliphatic carbocycles. The van der Waals surface area contributed by atoms with Gasteiger partial charge in [-0.05, 0) is 24.8 Å². The molecular formula is C24H28N4O3. The summed E-state index contributed by atoms with van der Waals surface area (Å²) < 4.78 is 2.22. The zero-order chi connectivity index (χ0) is 21.3. The van der Waals surface area contributed by atoms with Gasteiger partial charge in [0.2, 0.25) is 11.8 Å². The van der Waals surface area contributed by atoms with Crippen LogP contribution in [0.5, 0.6) is 0 Å². The van der Waals surface area contributed by atoms with Gasteiger partial charge >= 0.3 is 0 Å². The van der Waals surface area contributed by atoms with E-state index in [-0.39, 0.29) is 41.2 Å². The summed E-state index contributed by atoms with van der Waals surface area (Å²) in [5.41, 5.74) is 3.53. The van der Waals surface area contributed by atoms with E-state index in [1.165, 1.54) is 11.1 Å². The molecule has 3 aliphatic heterocycles. The van der Waals surface area contributed by atoms with Crippen LogP contribution >= 0.6 is 0 Å². The van der Waals surface area contributed by atoms with E-state index >= 15 is 0 Å². The van der Waals surface area contributed by atoms with E-state index in [1.54, 1.807) is 11.9 Å². The van der Waals surface area contributed by atoms with Gasteiger partial charge in [-0.2, -0.15) is 0 Å². The number of imidazole rings is 1. The number of aromatic nitrogens is 2. The zero-order valence-electron chi connectivity index (χ0n) is 17.8. The first-order valence-electron chi connectivity index (χ1n) is 11.3. The molecule has 2 saturated heterocycles. The molecule has 1 unspecified atom stereocenters. The van der Waals surface area contributed by atoms with Crippen LogP contribution in [0.15, 0.2) is 36.8 Å². The normalized spacial score (nSPS) is 31.0. The zero-order valence-corrected chi connectivity index (χ0v) is 17.8. The molecule has 4 heterocycles. The number of nitrogens with zero attached hydrogens (tertiary/aromatic N) is 4. The van der Waals surface area contributed by atoms with Gasteiger partial charge in [-0.3, -0.25) is 9.59 Å². The van der Waals surface area contributed by atoms with Gasteiger partial charge in [0, 0.05) is 50.0 Å². The molecule has 1 saturated carbocycles. The van der Waals surface area contributed by atoms with E-state index in [0.29, 0.717) is 26.1 Å². The molecule has 4 atom stereocenters. The number of likely N-dealkylation sites (tertiary alicyclic amines) is 2. The van der Waals surface area contributed by atoms with Gasteiger partial charge in [0.1, 0.15) is 0 Å². The van der Waals surface area contributed by atoms with Crippen LogP contribution in [-0.2, 0) is 9.59 Å². The van der Waals surface area contributed by atoms with E-state index in [0.717, 1.165) is 25.0 Å². The van der Waals surface area contributed by atoms with Crippen LogP contribution < -0.4 is 0 Å². The maximum Gasteiger partial charge on any atom is 0.227 e. The number of piperidine rings is 1. The summed E-state index contributed by atoms with van der Waals surface area (Å²) >= 11 is 0. The van der Waals surface area contributed by atoms with Gasteiger partial charge in [0.15, 0.2) is 0 Å². The Hall–Kier alpha value is -2.67. The van der Waals surface area contributed by atoms with Crippen LogP contribution in [0.1, 0.15) is 37.3 Å². The van der Waals surface area contributed by atoms with Crippen LogP contribution in [-0.4, -0.2) is 69.1 Å². The van der Waals surface area contributed by atoms with Crippen molar-refractivity contribution >= 4 is 11.8 Å². The van der Waals surface area contributed by atoms with Crippen molar-refractivity contribution in [2.75, 3.05) is 26.7 Å². The fraction of sp³-hybridized carbons (Fsp3) is 0.542. The molecule has 7 nitrogen and oxygen atoms in total. The molecule has 2 aromatic rings. The SMILES string of the molecule is CN1CC(C(=O)N2CCC3(CC2)C[C@@H]([C@H]2c4ccccc4-c4cncn42)[C@H]3O)CC1=O. The van der Waals surface area contributed by atoms with Crippen molar-refractivity contribution in [2.45, 2.75) is 37.8 Å². The maximum absolute atomic E-state index is 12.9. The van der Waals surface area contributed by atoms with Gasteiger partial charge in [-0.25, -0.2) is 4.98 Å². The molecule has 1 aromatic heterocycles. The second-order valence-corrected chi connectivity index (χ2v) is 9.89. The first-order chi connectivity index (χ1) is 15.0. The maximum atomic E-state index is 12.9. The summed E-state index contributed by atoms with van der Waals surface area (Å²) in [5.74, 6) is 0.116. The first-order valence-corrected chi connectivity index (χ1v) is 11.3. The number of hydrogen-bond acceptors (Lipinski definition) is 4. The van der Waals surface area contributed by atoms with Gasteiger partial charge < -0.3 is 19.5 Å². The molecule has 6 rings (SSSR count). The Morgan fingerprint density at radius 1 is 1.23 bits per heavy atom. The van der Waals surface area contributed by atoms with Crippen LogP contribution in [0.3, 0.4) is 0 Å². The van der Waals surface area contributed by atoms with Crippen molar-refractivity contribution < 1.29 is 14.7 Å². The number of hydrogen-bond donors (Lipinski definition) is 1. The number of aliphatic hydroxyl groups is 1. The molecular weight excluding hydrogens is 392 g/mol. The number of carbonyl (C=O) groups excluding carboxylic acids is 2. The predicted molar refractivity (Wildman–Crippen MR) is 114 cm³/mol. The second kappa shape index (κ2) is 6.66. The van der Waals surface area contributed by atoms with E-state index < -0.39 is 0 Å². The average Bonchev–Trinajstić information content (AvgIpc) is 3.47. The van der Waals surface area contributed by atoms with Gasteiger partial charge in [0.25, 0.3) is 0 Å². The first kappa shape index (κ1) is 19.0. The van der Waals surface area contributed by atoms with E-state index in [4.69, 9.17) is 0 Å². The number of benzene rings is 1. The van der Waals surface area contributed by atoms with Crippen LogP contribution in [0.4, 0.5) is 0 Å². The molecule has 4 aliphatic rings. The summed E-state index contributed by atoms with van der Waals surface area (Å²) in [4.78, 5) is 32.6. The summed E-state index contributed by atoms with van der Waals surface area (Å²) in [7, 11) is 1.76. The molecule has 1 N–H and O–H groups in total. The molecule has 162 valence electrons. The monoisotopic (exact) mass is 420 g/mol. The van der Waals surface area contributed by atoms with E-state index in [2.05, 4.69) is 33.8 Å². The van der Waals surface area contributed by atoms with Crippen LogP contribution in [0.2, 0.25) is 0 Å². The minimum Gasteiger partial charge on any atom is -0.392 e. The smallest absolute Gasteiger partial charge is 0.227 e. The molecule has 0 radical (unpaired) electrons. The second-order valence-electron chi connectivity index (χ2n) is 9.89. The topological polar surface area (TPSA) is 78.7 Å². The van der Waals surface area contributed by atoms with Crippen molar-refractivity contribution in [3.8, 4) is 11.3 Å². The number of aliphatic hydroxyl groups excluding tert-OH is 1. The van der Waals surface area contributed by atoms with Crippen LogP contribution in [0.25, 0.3) is 11.3 Å². The van der Waals surface area contributed by atoms with Gasteiger partial charge in [-0.1, -0.05) is 24.3 Å². The molecule has 3 fully saturated rings. The highest BCUT2D eigenvalue weighted by atomic mass is 16.3. The highest BCUT2D eigenvalue weighted by Gasteiger charge is 2.58. The van der Waals surface area contributed by atoms with Crippen molar-refractivity contribution in [3.05, 3.63) is 42.4 Å². The van der Waals surface area contributed by atoms with Gasteiger partial charge in [0.05, 0.1) is 36.3 Å². The van der Waals surface area contributed by atoms with Crippen molar-refractivity contribution in [1.29, 1.82) is 0 Å². The third-order valence-corrected chi connectivity index (χ3v) is 8.36. The molecule has 31 heavy (non-hydrogen) atoms. The molecule has 7 heteroatoms. The summed E-state index contributed by atoms with van der Waals surface area (Å²) in [6.45, 7) is 1.88. The summed E-state index contributed by atoms with van der Waals surface area (Å²) in [5, 5.41) is 11.3. The molecule has 0 bridgehead atoms. The van der Waals surface area contributed by atoms with Crippen molar-refractivity contribution in [2.24, 2.45) is 17.3 Å².